The minimum absolute atomic E-state index is 0.0905. The van der Waals surface area contributed by atoms with Crippen molar-refractivity contribution in [2.45, 2.75) is 13.3 Å². The standard InChI is InChI=1S/C16H18N2O3/c1-11(19)14-7-8-15(18-14)16(20)17-10-9-12-3-5-13(21-2)6-4-12/h3-8,18H,9-10H2,1-2H3,(H,17,20). The highest BCUT2D eigenvalue weighted by Gasteiger charge is 2.09. The summed E-state index contributed by atoms with van der Waals surface area (Å²) in [6.45, 7) is 1.98. The van der Waals surface area contributed by atoms with Crippen LogP contribution in [0, 0.1) is 0 Å². The average molecular weight is 286 g/mol. The second kappa shape index (κ2) is 6.74. The lowest BCUT2D eigenvalue weighted by Gasteiger charge is -2.05. The van der Waals surface area contributed by atoms with Crippen LogP contribution in [-0.4, -0.2) is 30.3 Å². The van der Waals surface area contributed by atoms with E-state index in [-0.39, 0.29) is 11.7 Å². The van der Waals surface area contributed by atoms with Crippen molar-refractivity contribution in [2.75, 3.05) is 13.7 Å². The lowest BCUT2D eigenvalue weighted by molar-refractivity contribution is 0.0949. The lowest BCUT2D eigenvalue weighted by atomic mass is 10.1. The van der Waals surface area contributed by atoms with Crippen LogP contribution in [0.1, 0.15) is 33.5 Å². The molecule has 0 aliphatic heterocycles. The van der Waals surface area contributed by atoms with Gasteiger partial charge in [-0.1, -0.05) is 12.1 Å². The Morgan fingerprint density at radius 1 is 1.10 bits per heavy atom. The van der Waals surface area contributed by atoms with Crippen molar-refractivity contribution >= 4 is 11.7 Å². The molecule has 0 bridgehead atoms. The van der Waals surface area contributed by atoms with Crippen LogP contribution in [0.2, 0.25) is 0 Å². The molecule has 0 saturated carbocycles. The number of hydrogen-bond donors (Lipinski definition) is 2. The van der Waals surface area contributed by atoms with Crippen LogP contribution in [0.5, 0.6) is 5.75 Å². The highest BCUT2D eigenvalue weighted by molar-refractivity contribution is 5.97. The van der Waals surface area contributed by atoms with Gasteiger partial charge in [-0.3, -0.25) is 9.59 Å². The molecule has 1 aromatic carbocycles. The number of hydrogen-bond acceptors (Lipinski definition) is 3. The smallest absolute Gasteiger partial charge is 0.267 e. The number of amides is 1. The quantitative estimate of drug-likeness (QED) is 0.800. The zero-order valence-electron chi connectivity index (χ0n) is 12.1. The molecule has 0 aliphatic carbocycles. The third kappa shape index (κ3) is 3.95. The van der Waals surface area contributed by atoms with Gasteiger partial charge in [0.2, 0.25) is 0 Å². The summed E-state index contributed by atoms with van der Waals surface area (Å²) in [5.74, 6) is 0.509. The van der Waals surface area contributed by atoms with E-state index in [2.05, 4.69) is 10.3 Å². The molecular weight excluding hydrogens is 268 g/mol. The second-order valence-corrected chi connectivity index (χ2v) is 4.70. The maximum atomic E-state index is 11.9. The Hall–Kier alpha value is -2.56. The molecule has 21 heavy (non-hydrogen) atoms. The highest BCUT2D eigenvalue weighted by atomic mass is 16.5. The molecule has 5 heteroatoms. The highest BCUT2D eigenvalue weighted by Crippen LogP contribution is 2.11. The van der Waals surface area contributed by atoms with Crippen LogP contribution in [0.3, 0.4) is 0 Å². The number of ether oxygens (including phenoxy) is 1. The Kier molecular flexibility index (Phi) is 4.77. The number of H-pyrrole nitrogens is 1. The second-order valence-electron chi connectivity index (χ2n) is 4.70. The van der Waals surface area contributed by atoms with Crippen LogP contribution in [0.15, 0.2) is 36.4 Å². The van der Waals surface area contributed by atoms with E-state index in [4.69, 9.17) is 4.74 Å². The van der Waals surface area contributed by atoms with Gasteiger partial charge in [-0.05, 0) is 36.2 Å². The van der Waals surface area contributed by atoms with E-state index in [1.165, 1.54) is 6.92 Å². The van der Waals surface area contributed by atoms with Gasteiger partial charge in [0.1, 0.15) is 11.4 Å². The average Bonchev–Trinajstić information content (AvgIpc) is 2.98. The molecule has 0 atom stereocenters. The number of aromatic nitrogens is 1. The van der Waals surface area contributed by atoms with Crippen LogP contribution in [0.4, 0.5) is 0 Å². The number of carbonyl (C=O) groups is 2. The van der Waals surface area contributed by atoms with Gasteiger partial charge in [-0.2, -0.15) is 0 Å². The third-order valence-electron chi connectivity index (χ3n) is 3.17. The first kappa shape index (κ1) is 14.8. The molecule has 0 aliphatic rings. The van der Waals surface area contributed by atoms with Gasteiger partial charge in [-0.25, -0.2) is 0 Å². The number of benzene rings is 1. The number of aromatic amines is 1. The lowest BCUT2D eigenvalue weighted by Crippen LogP contribution is -2.26. The van der Waals surface area contributed by atoms with Gasteiger partial charge >= 0.3 is 0 Å². The fourth-order valence-corrected chi connectivity index (χ4v) is 1.94. The van der Waals surface area contributed by atoms with E-state index in [1.54, 1.807) is 19.2 Å². The van der Waals surface area contributed by atoms with Gasteiger partial charge in [0.15, 0.2) is 5.78 Å². The van der Waals surface area contributed by atoms with Crippen LogP contribution in [-0.2, 0) is 6.42 Å². The third-order valence-corrected chi connectivity index (χ3v) is 3.17. The van der Waals surface area contributed by atoms with Gasteiger partial charge < -0.3 is 15.0 Å². The summed E-state index contributed by atoms with van der Waals surface area (Å²) < 4.78 is 5.09. The summed E-state index contributed by atoms with van der Waals surface area (Å²) in [4.78, 5) is 25.9. The molecule has 0 fully saturated rings. The summed E-state index contributed by atoms with van der Waals surface area (Å²) in [6.07, 6.45) is 0.732. The fourth-order valence-electron chi connectivity index (χ4n) is 1.94. The van der Waals surface area contributed by atoms with Crippen LogP contribution >= 0.6 is 0 Å². The van der Waals surface area contributed by atoms with E-state index in [0.29, 0.717) is 17.9 Å². The summed E-state index contributed by atoms with van der Waals surface area (Å²) >= 11 is 0. The Balaban J connectivity index is 1.84. The minimum atomic E-state index is -0.212. The normalized spacial score (nSPS) is 10.2. The molecule has 2 aromatic rings. The Bertz CT molecular complexity index is 629. The van der Waals surface area contributed by atoms with E-state index >= 15 is 0 Å². The number of rotatable bonds is 6. The zero-order chi connectivity index (χ0) is 15.2. The molecule has 1 amide bonds. The van der Waals surface area contributed by atoms with Crippen molar-refractivity contribution in [3.05, 3.63) is 53.3 Å². The van der Waals surface area contributed by atoms with Crippen molar-refractivity contribution in [2.24, 2.45) is 0 Å². The molecule has 2 rings (SSSR count). The number of methoxy groups -OCH3 is 1. The fraction of sp³-hybridized carbons (Fsp3) is 0.250. The summed E-state index contributed by atoms with van der Waals surface area (Å²) in [5.41, 5.74) is 1.96. The van der Waals surface area contributed by atoms with Crippen LogP contribution in [0.25, 0.3) is 0 Å². The maximum Gasteiger partial charge on any atom is 0.267 e. The van der Waals surface area contributed by atoms with Crippen molar-refractivity contribution in [3.8, 4) is 5.75 Å². The van der Waals surface area contributed by atoms with Crippen molar-refractivity contribution < 1.29 is 14.3 Å². The Morgan fingerprint density at radius 3 is 2.33 bits per heavy atom. The van der Waals surface area contributed by atoms with E-state index < -0.39 is 0 Å². The zero-order valence-corrected chi connectivity index (χ0v) is 12.1. The number of carbonyl (C=O) groups excluding carboxylic acids is 2. The van der Waals surface area contributed by atoms with Crippen molar-refractivity contribution in [3.63, 3.8) is 0 Å². The molecule has 0 unspecified atom stereocenters. The molecule has 0 spiro atoms. The van der Waals surface area contributed by atoms with Gasteiger partial charge in [0.25, 0.3) is 5.91 Å². The Morgan fingerprint density at radius 2 is 1.76 bits per heavy atom. The number of Topliss-reactive ketones (excluding diaryl/α,β-unsaturated/α-hetero) is 1. The van der Waals surface area contributed by atoms with Gasteiger partial charge in [-0.15, -0.1) is 0 Å². The van der Waals surface area contributed by atoms with Gasteiger partial charge in [0.05, 0.1) is 12.8 Å². The first-order valence-corrected chi connectivity index (χ1v) is 6.71. The predicted octanol–water partition coefficient (Wildman–Crippen LogP) is 2.20. The summed E-state index contributed by atoms with van der Waals surface area (Å²) in [5, 5.41) is 2.82. The first-order valence-electron chi connectivity index (χ1n) is 6.71. The molecular formula is C16H18N2O3. The van der Waals surface area contributed by atoms with E-state index in [9.17, 15) is 9.59 Å². The van der Waals surface area contributed by atoms with Crippen LogP contribution < -0.4 is 10.1 Å². The summed E-state index contributed by atoms with van der Waals surface area (Å²) in [7, 11) is 1.63. The molecule has 0 saturated heterocycles. The van der Waals surface area contributed by atoms with Crippen molar-refractivity contribution in [1.82, 2.24) is 10.3 Å². The number of nitrogens with one attached hydrogen (secondary N) is 2. The molecule has 110 valence electrons. The SMILES string of the molecule is COc1ccc(CCNC(=O)c2ccc(C(C)=O)[nH]2)cc1. The summed E-state index contributed by atoms with van der Waals surface area (Å²) in [6, 6.07) is 10.9. The monoisotopic (exact) mass is 286 g/mol. The predicted molar refractivity (Wildman–Crippen MR) is 79.8 cm³/mol. The topological polar surface area (TPSA) is 71.2 Å². The minimum Gasteiger partial charge on any atom is -0.497 e. The van der Waals surface area contributed by atoms with E-state index in [0.717, 1.165) is 17.7 Å². The maximum absolute atomic E-state index is 11.9. The first-order chi connectivity index (χ1) is 10.1. The van der Waals surface area contributed by atoms with Crippen molar-refractivity contribution in [1.29, 1.82) is 0 Å². The van der Waals surface area contributed by atoms with E-state index in [1.807, 2.05) is 24.3 Å². The molecule has 0 radical (unpaired) electrons. The molecule has 1 aromatic heterocycles. The molecule has 1 heterocycles. The number of ketones is 1. The Labute approximate surface area is 123 Å². The molecule has 2 N–H and O–H groups in total. The molecule has 5 nitrogen and oxygen atoms in total. The van der Waals surface area contributed by atoms with Gasteiger partial charge in [0, 0.05) is 13.5 Å². The largest absolute Gasteiger partial charge is 0.497 e.